The van der Waals surface area contributed by atoms with Crippen molar-refractivity contribution in [2.75, 3.05) is 0 Å². The number of carbonyl (C=O) groups is 3. The van der Waals surface area contributed by atoms with E-state index in [1.807, 2.05) is 83.1 Å². The summed E-state index contributed by atoms with van der Waals surface area (Å²) in [5.41, 5.74) is -3.89. The first-order chi connectivity index (χ1) is 21.2. The van der Waals surface area contributed by atoms with E-state index in [1.165, 1.54) is 15.2 Å². The zero-order valence-corrected chi connectivity index (χ0v) is 30.8. The highest BCUT2D eigenvalue weighted by Crippen LogP contribution is 2.45. The molecule has 47 heavy (non-hydrogen) atoms. The van der Waals surface area contributed by atoms with Crippen molar-refractivity contribution in [1.82, 2.24) is 15.2 Å². The van der Waals surface area contributed by atoms with Gasteiger partial charge in [-0.05, 0) is 95.9 Å². The van der Waals surface area contributed by atoms with E-state index in [4.69, 9.17) is 14.2 Å². The van der Waals surface area contributed by atoms with E-state index in [-0.39, 0.29) is 12.8 Å². The van der Waals surface area contributed by atoms with Crippen LogP contribution in [-0.4, -0.2) is 100 Å². The highest BCUT2D eigenvalue weighted by molar-refractivity contribution is 5.88. The van der Waals surface area contributed by atoms with E-state index in [1.54, 1.807) is 0 Å². The molecule has 4 aliphatic rings. The van der Waals surface area contributed by atoms with Crippen molar-refractivity contribution in [3.63, 3.8) is 0 Å². The SMILES string of the molecule is CC1(C)CC(OC(=O)C2CCC(C(=O)OC3CC(C)(C)N(O)C(C)(C)C3)C2C(=O)OC2CC(C)(C)N(O)C(C)(C)C2)CC(C)(C)N1O. The molecule has 12 heteroatoms. The Hall–Kier alpha value is -1.83. The molecule has 0 aromatic heterocycles. The fourth-order valence-corrected chi connectivity index (χ4v) is 9.39. The maximum absolute atomic E-state index is 14.1. The molecule has 3 N–H and O–H groups in total. The normalized spacial score (nSPS) is 32.9. The van der Waals surface area contributed by atoms with Gasteiger partial charge in [-0.15, -0.1) is 0 Å². The van der Waals surface area contributed by atoms with Crippen LogP contribution >= 0.6 is 0 Å². The average Bonchev–Trinajstić information content (AvgIpc) is 3.34. The van der Waals surface area contributed by atoms with Crippen LogP contribution in [0.2, 0.25) is 0 Å². The van der Waals surface area contributed by atoms with Gasteiger partial charge in [0.2, 0.25) is 0 Å². The first-order valence-corrected chi connectivity index (χ1v) is 17.3. The summed E-state index contributed by atoms with van der Waals surface area (Å²) >= 11 is 0. The van der Waals surface area contributed by atoms with E-state index in [0.29, 0.717) is 38.5 Å². The molecule has 0 aromatic rings. The first-order valence-electron chi connectivity index (χ1n) is 17.3. The molecule has 0 spiro atoms. The molecule has 1 aliphatic carbocycles. The van der Waals surface area contributed by atoms with Crippen LogP contribution in [0.15, 0.2) is 0 Å². The molecule has 0 bridgehead atoms. The Morgan fingerprint density at radius 1 is 0.447 bits per heavy atom. The number of ether oxygens (including phenoxy) is 3. The first kappa shape index (κ1) is 38.0. The second-order valence-electron chi connectivity index (χ2n) is 18.5. The molecule has 12 nitrogen and oxygen atoms in total. The molecule has 0 radical (unpaired) electrons. The fourth-order valence-electron chi connectivity index (χ4n) is 9.39. The molecular weight excluding hydrogens is 606 g/mol. The molecule has 4 fully saturated rings. The second kappa shape index (κ2) is 12.5. The summed E-state index contributed by atoms with van der Waals surface area (Å²) in [6.45, 7) is 22.6. The standard InChI is InChI=1S/C35H61N3O9/c1-30(2)15-21(16-31(3,4)36(30)42)45-27(39)24-13-14-25(28(40)46-22-17-32(5,6)37(43)33(7,8)18-22)26(24)29(41)47-23-19-34(9,10)38(44)35(11,12)20-23/h21-26,42-44H,13-20H2,1-12H3. The van der Waals surface area contributed by atoms with Crippen molar-refractivity contribution in [3.8, 4) is 0 Å². The predicted molar refractivity (Wildman–Crippen MR) is 172 cm³/mol. The van der Waals surface area contributed by atoms with Crippen molar-refractivity contribution >= 4 is 17.9 Å². The largest absolute Gasteiger partial charge is 0.462 e. The minimum Gasteiger partial charge on any atom is -0.462 e. The van der Waals surface area contributed by atoms with Gasteiger partial charge in [-0.25, -0.2) is 0 Å². The number of piperidine rings is 3. The lowest BCUT2D eigenvalue weighted by Gasteiger charge is -2.51. The van der Waals surface area contributed by atoms with E-state index in [0.717, 1.165) is 0 Å². The van der Waals surface area contributed by atoms with Gasteiger partial charge >= 0.3 is 17.9 Å². The van der Waals surface area contributed by atoms with Gasteiger partial charge in [0.25, 0.3) is 0 Å². The van der Waals surface area contributed by atoms with Crippen molar-refractivity contribution in [2.24, 2.45) is 17.8 Å². The van der Waals surface area contributed by atoms with Crippen molar-refractivity contribution in [2.45, 2.75) is 186 Å². The van der Waals surface area contributed by atoms with Crippen LogP contribution in [0.3, 0.4) is 0 Å². The van der Waals surface area contributed by atoms with Crippen LogP contribution in [-0.2, 0) is 28.6 Å². The number of carbonyl (C=O) groups excluding carboxylic acids is 3. The van der Waals surface area contributed by atoms with Gasteiger partial charge in [-0.1, -0.05) is 0 Å². The summed E-state index contributed by atoms with van der Waals surface area (Å²) in [6.07, 6.45) is 1.42. The Balaban J connectivity index is 1.57. The van der Waals surface area contributed by atoms with Crippen molar-refractivity contribution < 1.29 is 44.2 Å². The predicted octanol–water partition coefficient (Wildman–Crippen LogP) is 5.49. The Labute approximate surface area is 280 Å². The van der Waals surface area contributed by atoms with Crippen LogP contribution in [0.1, 0.15) is 134 Å². The Bertz CT molecular complexity index is 1090. The smallest absolute Gasteiger partial charge is 0.310 e. The third kappa shape index (κ3) is 7.67. The number of hydrogen-bond acceptors (Lipinski definition) is 12. The Kier molecular flexibility index (Phi) is 10.1. The third-order valence-corrected chi connectivity index (χ3v) is 11.2. The van der Waals surface area contributed by atoms with Crippen LogP contribution in [0.25, 0.3) is 0 Å². The lowest BCUT2D eigenvalue weighted by atomic mass is 9.79. The minimum absolute atomic E-state index is 0.266. The lowest BCUT2D eigenvalue weighted by molar-refractivity contribution is -0.262. The second-order valence-corrected chi connectivity index (χ2v) is 18.5. The number of esters is 3. The van der Waals surface area contributed by atoms with E-state index in [9.17, 15) is 30.0 Å². The molecule has 0 amide bonds. The summed E-state index contributed by atoms with van der Waals surface area (Å²) in [5, 5.41) is 36.2. The highest BCUT2D eigenvalue weighted by Gasteiger charge is 2.55. The molecule has 4 rings (SSSR count). The summed E-state index contributed by atoms with van der Waals surface area (Å²) in [6, 6.07) is 0. The van der Waals surface area contributed by atoms with Gasteiger partial charge in [0.15, 0.2) is 0 Å². The van der Waals surface area contributed by atoms with E-state index in [2.05, 4.69) is 0 Å². The Morgan fingerprint density at radius 2 is 0.660 bits per heavy atom. The van der Waals surface area contributed by atoms with Crippen LogP contribution in [0.5, 0.6) is 0 Å². The fraction of sp³-hybridized carbons (Fsp3) is 0.914. The average molecular weight is 668 g/mol. The minimum atomic E-state index is -1.09. The monoisotopic (exact) mass is 667 g/mol. The number of hydrogen-bond donors (Lipinski definition) is 3. The van der Waals surface area contributed by atoms with Crippen LogP contribution in [0.4, 0.5) is 0 Å². The van der Waals surface area contributed by atoms with Gasteiger partial charge in [0.1, 0.15) is 18.3 Å². The molecule has 3 saturated heterocycles. The maximum Gasteiger partial charge on any atom is 0.310 e. The zero-order valence-electron chi connectivity index (χ0n) is 30.8. The van der Waals surface area contributed by atoms with Gasteiger partial charge in [0.05, 0.1) is 17.8 Å². The molecule has 0 aromatic carbocycles. The van der Waals surface area contributed by atoms with Gasteiger partial charge in [-0.3, -0.25) is 14.4 Å². The summed E-state index contributed by atoms with van der Waals surface area (Å²) < 4.78 is 18.3. The Morgan fingerprint density at radius 3 is 0.894 bits per heavy atom. The van der Waals surface area contributed by atoms with Crippen LogP contribution < -0.4 is 0 Å². The quantitative estimate of drug-likeness (QED) is 0.243. The molecule has 2 unspecified atom stereocenters. The summed E-state index contributed by atoms with van der Waals surface area (Å²) in [7, 11) is 0. The van der Waals surface area contributed by atoms with Crippen LogP contribution in [0, 0.1) is 17.8 Å². The van der Waals surface area contributed by atoms with Gasteiger partial charge in [-0.2, -0.15) is 15.2 Å². The number of hydroxylamine groups is 6. The molecular formula is C35H61N3O9. The molecule has 2 atom stereocenters. The summed E-state index contributed by atoms with van der Waals surface area (Å²) in [4.78, 5) is 41.9. The van der Waals surface area contributed by atoms with E-state index >= 15 is 0 Å². The molecule has 270 valence electrons. The topological polar surface area (TPSA) is 149 Å². The number of nitrogens with zero attached hydrogens (tertiary/aromatic N) is 3. The maximum atomic E-state index is 14.1. The molecule has 3 aliphatic heterocycles. The van der Waals surface area contributed by atoms with Gasteiger partial charge in [0, 0.05) is 71.8 Å². The number of rotatable bonds is 6. The molecule has 3 heterocycles. The highest BCUT2D eigenvalue weighted by atomic mass is 16.6. The van der Waals surface area contributed by atoms with Crippen molar-refractivity contribution in [1.29, 1.82) is 0 Å². The zero-order chi connectivity index (χ0) is 35.7. The van der Waals surface area contributed by atoms with Gasteiger partial charge < -0.3 is 29.8 Å². The summed E-state index contributed by atoms with van der Waals surface area (Å²) in [5.74, 6) is -4.62. The van der Waals surface area contributed by atoms with E-state index < -0.39 is 87.2 Å². The van der Waals surface area contributed by atoms with Crippen molar-refractivity contribution in [3.05, 3.63) is 0 Å². The molecule has 1 saturated carbocycles. The third-order valence-electron chi connectivity index (χ3n) is 11.2. The lowest BCUT2D eigenvalue weighted by Crippen LogP contribution is -2.61.